The van der Waals surface area contributed by atoms with E-state index in [0.717, 1.165) is 16.7 Å². The second-order valence-corrected chi connectivity index (χ2v) is 3.42. The molecule has 2 aromatic rings. The number of hydrogen-bond donors (Lipinski definition) is 1. The largest absolute Gasteiger partial charge is 0.398 e. The van der Waals surface area contributed by atoms with Crippen LogP contribution in [0.15, 0.2) is 36.7 Å². The third-order valence-electron chi connectivity index (χ3n) is 2.34. The van der Waals surface area contributed by atoms with Crippen molar-refractivity contribution in [1.29, 1.82) is 0 Å². The van der Waals surface area contributed by atoms with Gasteiger partial charge in [-0.05, 0) is 36.8 Å². The summed E-state index contributed by atoms with van der Waals surface area (Å²) in [5.41, 5.74) is 9.02. The number of halogens is 1. The molecule has 2 N–H and O–H groups in total. The van der Waals surface area contributed by atoms with Crippen LogP contribution in [0, 0.1) is 12.7 Å². The lowest BCUT2D eigenvalue weighted by molar-refractivity contribution is 0.628. The van der Waals surface area contributed by atoms with Crippen molar-refractivity contribution in [2.24, 2.45) is 0 Å². The van der Waals surface area contributed by atoms with Crippen LogP contribution < -0.4 is 5.73 Å². The lowest BCUT2D eigenvalue weighted by atomic mass is 10.0. The Balaban J connectivity index is 2.60. The summed E-state index contributed by atoms with van der Waals surface area (Å²) in [5.74, 6) is -0.321. The van der Waals surface area contributed by atoms with Gasteiger partial charge in [-0.3, -0.25) is 4.98 Å². The van der Waals surface area contributed by atoms with E-state index in [1.807, 2.05) is 13.0 Å². The molecule has 0 amide bonds. The maximum absolute atomic E-state index is 12.9. The molecule has 2 nitrogen and oxygen atoms in total. The van der Waals surface area contributed by atoms with E-state index in [9.17, 15) is 4.39 Å². The van der Waals surface area contributed by atoms with Crippen molar-refractivity contribution < 1.29 is 4.39 Å². The van der Waals surface area contributed by atoms with Crippen LogP contribution in [0.4, 0.5) is 10.1 Å². The molecular weight excluding hydrogens is 191 g/mol. The van der Waals surface area contributed by atoms with Gasteiger partial charge in [0.1, 0.15) is 5.82 Å². The predicted molar refractivity (Wildman–Crippen MR) is 58.8 cm³/mol. The number of nitrogen functional groups attached to an aromatic ring is 1. The van der Waals surface area contributed by atoms with Gasteiger partial charge >= 0.3 is 0 Å². The molecule has 0 aliphatic carbocycles. The number of aromatic nitrogens is 1. The summed E-state index contributed by atoms with van der Waals surface area (Å²) in [7, 11) is 0. The molecule has 0 aliphatic rings. The van der Waals surface area contributed by atoms with Crippen LogP contribution in [0.1, 0.15) is 5.56 Å². The van der Waals surface area contributed by atoms with E-state index < -0.39 is 0 Å². The van der Waals surface area contributed by atoms with Gasteiger partial charge in [0.15, 0.2) is 0 Å². The van der Waals surface area contributed by atoms with E-state index in [2.05, 4.69) is 4.98 Å². The fourth-order valence-corrected chi connectivity index (χ4v) is 1.52. The van der Waals surface area contributed by atoms with Gasteiger partial charge in [-0.15, -0.1) is 0 Å². The Hall–Kier alpha value is -1.90. The average molecular weight is 202 g/mol. The highest BCUT2D eigenvalue weighted by Crippen LogP contribution is 2.28. The summed E-state index contributed by atoms with van der Waals surface area (Å²) in [6.45, 7) is 1.97. The highest BCUT2D eigenvalue weighted by atomic mass is 19.1. The van der Waals surface area contributed by atoms with E-state index in [-0.39, 0.29) is 5.82 Å². The van der Waals surface area contributed by atoms with Crippen molar-refractivity contribution >= 4 is 5.69 Å². The van der Waals surface area contributed by atoms with E-state index >= 15 is 0 Å². The van der Waals surface area contributed by atoms with Crippen LogP contribution in [-0.2, 0) is 0 Å². The number of pyridine rings is 1. The van der Waals surface area contributed by atoms with Crippen LogP contribution in [0.5, 0.6) is 0 Å². The summed E-state index contributed by atoms with van der Waals surface area (Å²) >= 11 is 0. The summed E-state index contributed by atoms with van der Waals surface area (Å²) in [4.78, 5) is 4.04. The standard InChI is InChI=1S/C12H11FN2/c1-8-4-5-15-7-11(8)10-3-2-9(13)6-12(10)14/h2-7H,14H2,1H3. The van der Waals surface area contributed by atoms with Gasteiger partial charge in [0.05, 0.1) is 0 Å². The SMILES string of the molecule is Cc1ccncc1-c1ccc(F)cc1N. The first-order valence-corrected chi connectivity index (χ1v) is 4.64. The van der Waals surface area contributed by atoms with Crippen molar-refractivity contribution in [3.05, 3.63) is 48.0 Å². The molecule has 1 aromatic carbocycles. The normalized spacial score (nSPS) is 10.3. The summed E-state index contributed by atoms with van der Waals surface area (Å²) in [6, 6.07) is 6.30. The molecule has 1 aromatic heterocycles. The number of nitrogens with zero attached hydrogens (tertiary/aromatic N) is 1. The molecule has 2 rings (SSSR count). The lowest BCUT2D eigenvalue weighted by Crippen LogP contribution is -1.93. The first kappa shape index (κ1) is 9.65. The minimum atomic E-state index is -0.321. The molecule has 76 valence electrons. The summed E-state index contributed by atoms with van der Waals surface area (Å²) in [6.07, 6.45) is 3.46. The zero-order valence-corrected chi connectivity index (χ0v) is 8.37. The molecular formula is C12H11FN2. The van der Waals surface area contributed by atoms with Crippen molar-refractivity contribution in [2.45, 2.75) is 6.92 Å². The van der Waals surface area contributed by atoms with E-state index in [4.69, 9.17) is 5.73 Å². The number of anilines is 1. The Morgan fingerprint density at radius 1 is 1.20 bits per heavy atom. The van der Waals surface area contributed by atoms with Crippen LogP contribution in [0.2, 0.25) is 0 Å². The summed E-state index contributed by atoms with van der Waals surface area (Å²) < 4.78 is 12.9. The molecule has 0 saturated heterocycles. The molecule has 0 bridgehead atoms. The van der Waals surface area contributed by atoms with Gasteiger partial charge in [-0.25, -0.2) is 4.39 Å². The Kier molecular flexibility index (Phi) is 2.37. The van der Waals surface area contributed by atoms with Crippen molar-refractivity contribution in [1.82, 2.24) is 4.98 Å². The fourth-order valence-electron chi connectivity index (χ4n) is 1.52. The molecule has 1 heterocycles. The number of benzene rings is 1. The molecule has 3 heteroatoms. The molecule has 0 aliphatic heterocycles. The number of nitrogens with two attached hydrogens (primary N) is 1. The quantitative estimate of drug-likeness (QED) is 0.722. The third-order valence-corrected chi connectivity index (χ3v) is 2.34. The topological polar surface area (TPSA) is 38.9 Å². The molecule has 0 saturated carbocycles. The summed E-state index contributed by atoms with van der Waals surface area (Å²) in [5, 5.41) is 0. The van der Waals surface area contributed by atoms with Crippen LogP contribution >= 0.6 is 0 Å². The van der Waals surface area contributed by atoms with Crippen molar-refractivity contribution in [2.75, 3.05) is 5.73 Å². The fraction of sp³-hybridized carbons (Fsp3) is 0.0833. The molecule has 15 heavy (non-hydrogen) atoms. The van der Waals surface area contributed by atoms with E-state index in [1.165, 1.54) is 12.1 Å². The monoisotopic (exact) mass is 202 g/mol. The second-order valence-electron chi connectivity index (χ2n) is 3.42. The maximum Gasteiger partial charge on any atom is 0.125 e. The first-order chi connectivity index (χ1) is 7.18. The number of aryl methyl sites for hydroxylation is 1. The lowest BCUT2D eigenvalue weighted by Gasteiger charge is -2.07. The Labute approximate surface area is 87.6 Å². The Bertz CT molecular complexity index is 495. The highest BCUT2D eigenvalue weighted by Gasteiger charge is 2.06. The molecule has 0 atom stereocenters. The van der Waals surface area contributed by atoms with Crippen molar-refractivity contribution in [3.63, 3.8) is 0 Å². The minimum absolute atomic E-state index is 0.321. The Morgan fingerprint density at radius 3 is 2.67 bits per heavy atom. The van der Waals surface area contributed by atoms with Crippen LogP contribution in [-0.4, -0.2) is 4.98 Å². The third kappa shape index (κ3) is 1.81. The average Bonchev–Trinajstić information content (AvgIpc) is 2.20. The van der Waals surface area contributed by atoms with Gasteiger partial charge < -0.3 is 5.73 Å². The Morgan fingerprint density at radius 2 is 2.00 bits per heavy atom. The predicted octanol–water partition coefficient (Wildman–Crippen LogP) is 2.78. The van der Waals surface area contributed by atoms with Gasteiger partial charge in [-0.2, -0.15) is 0 Å². The van der Waals surface area contributed by atoms with Crippen molar-refractivity contribution in [3.8, 4) is 11.1 Å². The zero-order valence-electron chi connectivity index (χ0n) is 8.37. The van der Waals surface area contributed by atoms with Gasteiger partial charge in [0.2, 0.25) is 0 Å². The van der Waals surface area contributed by atoms with Crippen LogP contribution in [0.25, 0.3) is 11.1 Å². The van der Waals surface area contributed by atoms with Gasteiger partial charge in [-0.1, -0.05) is 0 Å². The second kappa shape index (κ2) is 3.69. The van der Waals surface area contributed by atoms with Gasteiger partial charge in [0, 0.05) is 29.2 Å². The van der Waals surface area contributed by atoms with Crippen LogP contribution in [0.3, 0.4) is 0 Å². The molecule has 0 fully saturated rings. The first-order valence-electron chi connectivity index (χ1n) is 4.64. The molecule has 0 radical (unpaired) electrons. The molecule has 0 unspecified atom stereocenters. The maximum atomic E-state index is 12.9. The minimum Gasteiger partial charge on any atom is -0.398 e. The number of hydrogen-bond acceptors (Lipinski definition) is 2. The van der Waals surface area contributed by atoms with E-state index in [1.54, 1.807) is 18.5 Å². The van der Waals surface area contributed by atoms with E-state index in [0.29, 0.717) is 5.69 Å². The zero-order chi connectivity index (χ0) is 10.8. The smallest absolute Gasteiger partial charge is 0.125 e. The number of rotatable bonds is 1. The molecule has 0 spiro atoms. The van der Waals surface area contributed by atoms with Gasteiger partial charge in [0.25, 0.3) is 0 Å². The highest BCUT2D eigenvalue weighted by molar-refractivity contribution is 5.77.